The van der Waals surface area contributed by atoms with E-state index in [2.05, 4.69) is 20.9 Å². The first-order valence-corrected chi connectivity index (χ1v) is 9.48. The predicted octanol–water partition coefficient (Wildman–Crippen LogP) is 4.35. The van der Waals surface area contributed by atoms with Gasteiger partial charge in [0.25, 0.3) is 5.91 Å². The summed E-state index contributed by atoms with van der Waals surface area (Å²) in [7, 11) is 3.83. The van der Waals surface area contributed by atoms with Crippen LogP contribution in [0, 0.1) is 0 Å². The Labute approximate surface area is 174 Å². The van der Waals surface area contributed by atoms with Crippen LogP contribution in [0.15, 0.2) is 48.7 Å². The smallest absolute Gasteiger partial charge is 0.320 e. The zero-order valence-corrected chi connectivity index (χ0v) is 17.2. The molecule has 3 amide bonds. The summed E-state index contributed by atoms with van der Waals surface area (Å²) in [5.41, 5.74) is 2.03. The molecule has 7 nitrogen and oxygen atoms in total. The van der Waals surface area contributed by atoms with Gasteiger partial charge in [0.1, 0.15) is 5.82 Å². The van der Waals surface area contributed by atoms with Crippen LogP contribution in [0.4, 0.5) is 22.0 Å². The van der Waals surface area contributed by atoms with E-state index in [4.69, 9.17) is 11.6 Å². The Morgan fingerprint density at radius 2 is 1.90 bits per heavy atom. The Morgan fingerprint density at radius 1 is 1.10 bits per heavy atom. The molecular weight excluding hydrogens is 390 g/mol. The van der Waals surface area contributed by atoms with Gasteiger partial charge < -0.3 is 15.5 Å². The van der Waals surface area contributed by atoms with Crippen molar-refractivity contribution in [3.05, 3.63) is 59.2 Å². The van der Waals surface area contributed by atoms with Gasteiger partial charge in [0.2, 0.25) is 0 Å². The van der Waals surface area contributed by atoms with Gasteiger partial charge in [-0.3, -0.25) is 10.1 Å². The van der Waals surface area contributed by atoms with E-state index in [1.54, 1.807) is 30.5 Å². The second kappa shape index (κ2) is 8.79. The van der Waals surface area contributed by atoms with Gasteiger partial charge in [-0.25, -0.2) is 9.78 Å². The Morgan fingerprint density at radius 3 is 2.62 bits per heavy atom. The van der Waals surface area contributed by atoms with Gasteiger partial charge in [0.15, 0.2) is 0 Å². The summed E-state index contributed by atoms with van der Waals surface area (Å²) in [4.78, 5) is 30.5. The molecule has 0 saturated carbocycles. The van der Waals surface area contributed by atoms with Crippen molar-refractivity contribution in [2.75, 3.05) is 36.2 Å². The summed E-state index contributed by atoms with van der Waals surface area (Å²) in [6, 6.07) is 12.2. The molecule has 3 N–H and O–H groups in total. The number of nitrogens with zero attached hydrogens (tertiary/aromatic N) is 2. The largest absolute Gasteiger partial charge is 0.378 e. The third-order valence-corrected chi connectivity index (χ3v) is 4.56. The molecule has 0 fully saturated rings. The maximum atomic E-state index is 12.7. The molecule has 0 aliphatic rings. The van der Waals surface area contributed by atoms with Crippen LogP contribution in [-0.2, 0) is 0 Å². The third kappa shape index (κ3) is 4.94. The minimum absolute atomic E-state index is 0.237. The number of nitrogens with one attached hydrogen (secondary N) is 3. The topological polar surface area (TPSA) is 86.4 Å². The molecule has 0 bridgehead atoms. The number of benzene rings is 2. The van der Waals surface area contributed by atoms with E-state index >= 15 is 0 Å². The summed E-state index contributed by atoms with van der Waals surface area (Å²) in [6.45, 7) is 2.34. The summed E-state index contributed by atoms with van der Waals surface area (Å²) in [5, 5.41) is 10.1. The number of aromatic nitrogens is 1. The first-order valence-electron chi connectivity index (χ1n) is 9.10. The lowest BCUT2D eigenvalue weighted by Crippen LogP contribution is -2.28. The van der Waals surface area contributed by atoms with Crippen LogP contribution in [0.1, 0.15) is 17.3 Å². The highest BCUT2D eigenvalue weighted by atomic mass is 35.5. The SMILES string of the molecule is CCNC(=O)Nc1cc2cc(NC(=O)c3cccc(N(C)C)c3)cc(Cl)c2cn1. The minimum atomic E-state index is -0.337. The number of amides is 3. The molecule has 2 aromatic carbocycles. The van der Waals surface area contributed by atoms with Crippen LogP contribution >= 0.6 is 11.6 Å². The van der Waals surface area contributed by atoms with Crippen molar-refractivity contribution in [1.82, 2.24) is 10.3 Å². The van der Waals surface area contributed by atoms with Gasteiger partial charge in [-0.1, -0.05) is 17.7 Å². The molecule has 0 spiro atoms. The van der Waals surface area contributed by atoms with Crippen LogP contribution in [0.3, 0.4) is 0 Å². The quantitative estimate of drug-likeness (QED) is 0.582. The van der Waals surface area contributed by atoms with Crippen molar-refractivity contribution in [3.63, 3.8) is 0 Å². The van der Waals surface area contributed by atoms with Gasteiger partial charge >= 0.3 is 6.03 Å². The average Bonchev–Trinajstić information content (AvgIpc) is 2.68. The van der Waals surface area contributed by atoms with Crippen molar-refractivity contribution in [2.45, 2.75) is 6.92 Å². The number of rotatable bonds is 5. The zero-order valence-electron chi connectivity index (χ0n) is 16.4. The van der Waals surface area contributed by atoms with Crippen molar-refractivity contribution >= 4 is 51.5 Å². The highest BCUT2D eigenvalue weighted by molar-refractivity contribution is 6.36. The van der Waals surface area contributed by atoms with Crippen LogP contribution in [0.2, 0.25) is 5.02 Å². The molecule has 0 radical (unpaired) electrons. The zero-order chi connectivity index (χ0) is 21.0. The van der Waals surface area contributed by atoms with Gasteiger partial charge in [-0.2, -0.15) is 0 Å². The van der Waals surface area contributed by atoms with Crippen LogP contribution < -0.4 is 20.9 Å². The fourth-order valence-electron chi connectivity index (χ4n) is 2.80. The van der Waals surface area contributed by atoms with E-state index in [-0.39, 0.29) is 11.9 Å². The molecular formula is C21H22ClN5O2. The molecule has 8 heteroatoms. The fourth-order valence-corrected chi connectivity index (χ4v) is 3.08. The summed E-state index contributed by atoms with van der Waals surface area (Å²) in [5.74, 6) is 0.153. The van der Waals surface area contributed by atoms with E-state index in [0.717, 1.165) is 16.5 Å². The number of hydrogen-bond donors (Lipinski definition) is 3. The molecule has 150 valence electrons. The van der Waals surface area contributed by atoms with Crippen molar-refractivity contribution < 1.29 is 9.59 Å². The van der Waals surface area contributed by atoms with E-state index in [1.807, 2.05) is 44.1 Å². The minimum Gasteiger partial charge on any atom is -0.378 e. The Balaban J connectivity index is 1.86. The van der Waals surface area contributed by atoms with Gasteiger partial charge in [0, 0.05) is 49.2 Å². The Bertz CT molecular complexity index is 1070. The molecule has 0 atom stereocenters. The van der Waals surface area contributed by atoms with Crippen molar-refractivity contribution in [2.24, 2.45) is 0 Å². The van der Waals surface area contributed by atoms with E-state index in [0.29, 0.717) is 28.6 Å². The van der Waals surface area contributed by atoms with Crippen molar-refractivity contribution in [1.29, 1.82) is 0 Å². The molecule has 29 heavy (non-hydrogen) atoms. The van der Waals surface area contributed by atoms with Crippen molar-refractivity contribution in [3.8, 4) is 0 Å². The van der Waals surface area contributed by atoms with E-state index in [9.17, 15) is 9.59 Å². The second-order valence-corrected chi connectivity index (χ2v) is 7.04. The van der Waals surface area contributed by atoms with E-state index < -0.39 is 0 Å². The Hall–Kier alpha value is -3.32. The lowest BCUT2D eigenvalue weighted by Gasteiger charge is -2.14. The summed E-state index contributed by atoms with van der Waals surface area (Å²) >= 11 is 6.37. The van der Waals surface area contributed by atoms with E-state index in [1.165, 1.54) is 0 Å². The molecule has 0 unspecified atom stereocenters. The maximum Gasteiger partial charge on any atom is 0.320 e. The Kier molecular flexibility index (Phi) is 6.19. The fraction of sp³-hybridized carbons (Fsp3) is 0.190. The third-order valence-electron chi connectivity index (χ3n) is 4.25. The van der Waals surface area contributed by atoms with Crippen LogP contribution in [-0.4, -0.2) is 37.6 Å². The number of anilines is 3. The number of halogens is 1. The lowest BCUT2D eigenvalue weighted by molar-refractivity contribution is 0.102. The van der Waals surface area contributed by atoms with Gasteiger partial charge in [-0.15, -0.1) is 0 Å². The number of carbonyl (C=O) groups is 2. The van der Waals surface area contributed by atoms with Gasteiger partial charge in [-0.05, 0) is 48.7 Å². The second-order valence-electron chi connectivity index (χ2n) is 6.63. The highest BCUT2D eigenvalue weighted by Gasteiger charge is 2.11. The normalized spacial score (nSPS) is 10.5. The first-order chi connectivity index (χ1) is 13.9. The number of urea groups is 1. The lowest BCUT2D eigenvalue weighted by atomic mass is 10.1. The monoisotopic (exact) mass is 411 g/mol. The molecule has 3 rings (SSSR count). The summed E-state index contributed by atoms with van der Waals surface area (Å²) in [6.07, 6.45) is 1.59. The summed E-state index contributed by atoms with van der Waals surface area (Å²) < 4.78 is 0. The number of fused-ring (bicyclic) bond motifs is 1. The first kappa shape index (κ1) is 20.4. The number of carbonyl (C=O) groups excluding carboxylic acids is 2. The predicted molar refractivity (Wildman–Crippen MR) is 118 cm³/mol. The van der Waals surface area contributed by atoms with Gasteiger partial charge in [0.05, 0.1) is 5.02 Å². The maximum absolute atomic E-state index is 12.7. The molecule has 1 heterocycles. The molecule has 1 aromatic heterocycles. The average molecular weight is 412 g/mol. The number of hydrogen-bond acceptors (Lipinski definition) is 4. The molecule has 0 saturated heterocycles. The van der Waals surface area contributed by atoms with Crippen LogP contribution in [0.5, 0.6) is 0 Å². The molecule has 3 aromatic rings. The molecule has 0 aliphatic carbocycles. The van der Waals surface area contributed by atoms with Crippen LogP contribution in [0.25, 0.3) is 10.8 Å². The molecule has 0 aliphatic heterocycles. The highest BCUT2D eigenvalue weighted by Crippen LogP contribution is 2.29. The number of pyridine rings is 1. The standard InChI is InChI=1S/C21H22ClN5O2/c1-4-23-21(29)26-19-10-14-8-15(11-18(22)17(14)12-24-19)25-20(28)13-6-5-7-16(9-13)27(2)3/h5-12H,4H2,1-3H3,(H,25,28)(H2,23,24,26,29).